The SMILES string of the molecule is C#CCNC(=O)C(C)NC1CCC(SCC)C1. The molecule has 1 fully saturated rings. The van der Waals surface area contributed by atoms with Crippen LogP contribution >= 0.6 is 11.8 Å². The first-order valence-electron chi connectivity index (χ1n) is 6.26. The molecular weight excluding hydrogens is 232 g/mol. The van der Waals surface area contributed by atoms with Gasteiger partial charge in [-0.2, -0.15) is 11.8 Å². The summed E-state index contributed by atoms with van der Waals surface area (Å²) in [6.45, 7) is 4.40. The number of carbonyl (C=O) groups is 1. The van der Waals surface area contributed by atoms with E-state index in [2.05, 4.69) is 23.5 Å². The maximum atomic E-state index is 11.6. The van der Waals surface area contributed by atoms with Crippen molar-refractivity contribution < 1.29 is 4.79 Å². The Bertz CT molecular complexity index is 288. The molecule has 1 saturated carbocycles. The van der Waals surface area contributed by atoms with Crippen molar-refractivity contribution in [1.29, 1.82) is 0 Å². The van der Waals surface area contributed by atoms with E-state index < -0.39 is 0 Å². The quantitative estimate of drug-likeness (QED) is 0.704. The van der Waals surface area contributed by atoms with E-state index in [9.17, 15) is 4.79 Å². The van der Waals surface area contributed by atoms with Crippen molar-refractivity contribution in [2.75, 3.05) is 12.3 Å². The molecule has 3 nitrogen and oxygen atoms in total. The van der Waals surface area contributed by atoms with Crippen molar-refractivity contribution in [2.24, 2.45) is 0 Å². The molecule has 0 heterocycles. The zero-order chi connectivity index (χ0) is 12.7. The van der Waals surface area contributed by atoms with Gasteiger partial charge in [0.25, 0.3) is 0 Å². The Hall–Kier alpha value is -0.660. The fraction of sp³-hybridized carbons (Fsp3) is 0.769. The van der Waals surface area contributed by atoms with E-state index in [0.717, 1.165) is 5.25 Å². The molecule has 96 valence electrons. The summed E-state index contributed by atoms with van der Waals surface area (Å²) in [7, 11) is 0. The first kappa shape index (κ1) is 14.4. The molecular formula is C13H22N2OS. The lowest BCUT2D eigenvalue weighted by molar-refractivity contribution is -0.122. The number of terminal acetylenes is 1. The lowest BCUT2D eigenvalue weighted by Crippen LogP contribution is -2.46. The van der Waals surface area contributed by atoms with Crippen LogP contribution < -0.4 is 10.6 Å². The molecule has 3 unspecified atom stereocenters. The summed E-state index contributed by atoms with van der Waals surface area (Å²) in [5.41, 5.74) is 0. The zero-order valence-electron chi connectivity index (χ0n) is 10.7. The van der Waals surface area contributed by atoms with Gasteiger partial charge in [-0.05, 0) is 31.9 Å². The summed E-state index contributed by atoms with van der Waals surface area (Å²) < 4.78 is 0. The average molecular weight is 254 g/mol. The van der Waals surface area contributed by atoms with Gasteiger partial charge in [-0.1, -0.05) is 12.8 Å². The number of amides is 1. The molecule has 0 aromatic carbocycles. The molecule has 2 N–H and O–H groups in total. The third-order valence-electron chi connectivity index (χ3n) is 3.03. The summed E-state index contributed by atoms with van der Waals surface area (Å²) in [4.78, 5) is 11.6. The van der Waals surface area contributed by atoms with Gasteiger partial charge in [0.15, 0.2) is 0 Å². The molecule has 0 saturated heterocycles. The molecule has 17 heavy (non-hydrogen) atoms. The van der Waals surface area contributed by atoms with Gasteiger partial charge >= 0.3 is 0 Å². The number of thioether (sulfide) groups is 1. The summed E-state index contributed by atoms with van der Waals surface area (Å²) in [5.74, 6) is 3.58. The summed E-state index contributed by atoms with van der Waals surface area (Å²) in [6.07, 6.45) is 8.71. The Kier molecular flexibility index (Phi) is 6.46. The lowest BCUT2D eigenvalue weighted by atomic mass is 10.2. The van der Waals surface area contributed by atoms with E-state index in [-0.39, 0.29) is 11.9 Å². The van der Waals surface area contributed by atoms with E-state index in [1.807, 2.05) is 18.7 Å². The Morgan fingerprint density at radius 2 is 2.35 bits per heavy atom. The van der Waals surface area contributed by atoms with Crippen molar-refractivity contribution in [1.82, 2.24) is 10.6 Å². The van der Waals surface area contributed by atoms with Gasteiger partial charge in [0, 0.05) is 11.3 Å². The normalized spacial score (nSPS) is 25.2. The Morgan fingerprint density at radius 1 is 1.59 bits per heavy atom. The maximum Gasteiger partial charge on any atom is 0.237 e. The molecule has 0 aromatic rings. The minimum Gasteiger partial charge on any atom is -0.344 e. The monoisotopic (exact) mass is 254 g/mol. The van der Waals surface area contributed by atoms with Crippen molar-refractivity contribution in [2.45, 2.75) is 50.4 Å². The second-order valence-electron chi connectivity index (χ2n) is 4.40. The van der Waals surface area contributed by atoms with Crippen molar-refractivity contribution in [3.63, 3.8) is 0 Å². The molecule has 0 aromatic heterocycles. The minimum absolute atomic E-state index is 0.00505. The molecule has 3 atom stereocenters. The first-order valence-corrected chi connectivity index (χ1v) is 7.31. The second kappa shape index (κ2) is 7.62. The number of hydrogen-bond acceptors (Lipinski definition) is 3. The molecule has 0 bridgehead atoms. The van der Waals surface area contributed by atoms with E-state index in [0.29, 0.717) is 12.6 Å². The first-order chi connectivity index (χ1) is 8.17. The Labute approximate surface area is 108 Å². The van der Waals surface area contributed by atoms with Crippen LogP contribution in [0.15, 0.2) is 0 Å². The van der Waals surface area contributed by atoms with Crippen LogP contribution in [0, 0.1) is 12.3 Å². The van der Waals surface area contributed by atoms with Crippen molar-refractivity contribution in [3.05, 3.63) is 0 Å². The van der Waals surface area contributed by atoms with Crippen LogP contribution in [0.5, 0.6) is 0 Å². The van der Waals surface area contributed by atoms with Gasteiger partial charge in [-0.15, -0.1) is 6.42 Å². The highest BCUT2D eigenvalue weighted by atomic mass is 32.2. The maximum absolute atomic E-state index is 11.6. The highest BCUT2D eigenvalue weighted by molar-refractivity contribution is 7.99. The smallest absolute Gasteiger partial charge is 0.237 e. The van der Waals surface area contributed by atoms with Crippen LogP contribution in [0.4, 0.5) is 0 Å². The lowest BCUT2D eigenvalue weighted by Gasteiger charge is -2.18. The Balaban J connectivity index is 2.25. The molecule has 4 heteroatoms. The summed E-state index contributed by atoms with van der Waals surface area (Å²) >= 11 is 2.02. The van der Waals surface area contributed by atoms with Gasteiger partial charge in [0.1, 0.15) is 0 Å². The topological polar surface area (TPSA) is 41.1 Å². The van der Waals surface area contributed by atoms with E-state index >= 15 is 0 Å². The minimum atomic E-state index is -0.154. The molecule has 0 radical (unpaired) electrons. The Morgan fingerprint density at radius 3 is 3.00 bits per heavy atom. The van der Waals surface area contributed by atoms with Gasteiger partial charge in [0.05, 0.1) is 12.6 Å². The number of hydrogen-bond donors (Lipinski definition) is 2. The predicted octanol–water partition coefficient (Wildman–Crippen LogP) is 1.39. The van der Waals surface area contributed by atoms with Crippen LogP contribution in [-0.4, -0.2) is 35.5 Å². The molecule has 0 aliphatic heterocycles. The summed E-state index contributed by atoms with van der Waals surface area (Å²) in [6, 6.07) is 0.323. The summed E-state index contributed by atoms with van der Waals surface area (Å²) in [5, 5.41) is 6.84. The number of carbonyl (C=O) groups excluding carboxylic acids is 1. The van der Waals surface area contributed by atoms with E-state index in [1.165, 1.54) is 25.0 Å². The standard InChI is InChI=1S/C13H22N2OS/c1-4-8-14-13(16)10(3)15-11-6-7-12(9-11)17-5-2/h1,10-12,15H,5-9H2,2-3H3,(H,14,16). The van der Waals surface area contributed by atoms with Crippen LogP contribution in [-0.2, 0) is 4.79 Å². The molecule has 1 amide bonds. The number of nitrogens with one attached hydrogen (secondary N) is 2. The third-order valence-corrected chi connectivity index (χ3v) is 4.26. The highest BCUT2D eigenvalue weighted by Crippen LogP contribution is 2.29. The zero-order valence-corrected chi connectivity index (χ0v) is 11.5. The molecule has 1 aliphatic rings. The third kappa shape index (κ3) is 5.01. The average Bonchev–Trinajstić information content (AvgIpc) is 2.74. The fourth-order valence-corrected chi connectivity index (χ4v) is 3.34. The second-order valence-corrected chi connectivity index (χ2v) is 5.97. The van der Waals surface area contributed by atoms with Crippen LogP contribution in [0.1, 0.15) is 33.1 Å². The van der Waals surface area contributed by atoms with Crippen LogP contribution in [0.3, 0.4) is 0 Å². The van der Waals surface area contributed by atoms with Gasteiger partial charge in [-0.25, -0.2) is 0 Å². The van der Waals surface area contributed by atoms with E-state index in [4.69, 9.17) is 6.42 Å². The predicted molar refractivity (Wildman–Crippen MR) is 74.0 cm³/mol. The van der Waals surface area contributed by atoms with Gasteiger partial charge < -0.3 is 10.6 Å². The van der Waals surface area contributed by atoms with Crippen molar-refractivity contribution in [3.8, 4) is 12.3 Å². The van der Waals surface area contributed by atoms with Crippen LogP contribution in [0.2, 0.25) is 0 Å². The van der Waals surface area contributed by atoms with Crippen molar-refractivity contribution >= 4 is 17.7 Å². The molecule has 1 rings (SSSR count). The van der Waals surface area contributed by atoms with Crippen LogP contribution in [0.25, 0.3) is 0 Å². The number of rotatable bonds is 6. The molecule has 0 spiro atoms. The highest BCUT2D eigenvalue weighted by Gasteiger charge is 2.26. The largest absolute Gasteiger partial charge is 0.344 e. The fourth-order valence-electron chi connectivity index (χ4n) is 2.20. The van der Waals surface area contributed by atoms with Gasteiger partial charge in [-0.3, -0.25) is 4.79 Å². The van der Waals surface area contributed by atoms with Gasteiger partial charge in [0.2, 0.25) is 5.91 Å². The molecule has 1 aliphatic carbocycles. The van der Waals surface area contributed by atoms with E-state index in [1.54, 1.807) is 0 Å².